The predicted octanol–water partition coefficient (Wildman–Crippen LogP) is 2.18. The van der Waals surface area contributed by atoms with Gasteiger partial charge in [-0.25, -0.2) is 0 Å². The molecular formula is C17H26ClN3O. The van der Waals surface area contributed by atoms with Crippen LogP contribution in [0.2, 0.25) is 0 Å². The monoisotopic (exact) mass is 323 g/mol. The number of hydrogen-bond donors (Lipinski definition) is 1. The first-order chi connectivity index (χ1) is 10.1. The Morgan fingerprint density at radius 3 is 2.68 bits per heavy atom. The van der Waals surface area contributed by atoms with Gasteiger partial charge in [0.1, 0.15) is 0 Å². The molecule has 0 aliphatic carbocycles. The highest BCUT2D eigenvalue weighted by atomic mass is 35.5. The summed E-state index contributed by atoms with van der Waals surface area (Å²) in [7, 11) is 2.22. The third-order valence-corrected chi connectivity index (χ3v) is 5.03. The fourth-order valence-electron chi connectivity index (χ4n) is 3.80. The zero-order valence-electron chi connectivity index (χ0n) is 13.2. The van der Waals surface area contributed by atoms with Gasteiger partial charge in [-0.2, -0.15) is 0 Å². The van der Waals surface area contributed by atoms with Crippen molar-refractivity contribution in [1.82, 2.24) is 9.80 Å². The summed E-state index contributed by atoms with van der Waals surface area (Å²) in [5.74, 6) is 0.916. The molecule has 1 aromatic carbocycles. The van der Waals surface area contributed by atoms with E-state index in [0.717, 1.165) is 30.8 Å². The van der Waals surface area contributed by atoms with Gasteiger partial charge in [0.2, 0.25) is 5.91 Å². The molecule has 1 aromatic rings. The van der Waals surface area contributed by atoms with Crippen LogP contribution in [0.4, 0.5) is 5.69 Å². The second kappa shape index (κ2) is 7.34. The molecule has 22 heavy (non-hydrogen) atoms. The SMILES string of the molecule is CN1CCCC2CN(C(=O)Cc3ccc(N)cc3)CCC21.Cl. The van der Waals surface area contributed by atoms with E-state index in [1.165, 1.54) is 19.4 Å². The second-order valence-corrected chi connectivity index (χ2v) is 6.50. The number of nitrogens with zero attached hydrogens (tertiary/aromatic N) is 2. The maximum Gasteiger partial charge on any atom is 0.227 e. The molecule has 0 radical (unpaired) electrons. The summed E-state index contributed by atoms with van der Waals surface area (Å²) in [6.07, 6.45) is 4.14. The number of carbonyl (C=O) groups is 1. The van der Waals surface area contributed by atoms with Gasteiger partial charge in [0.05, 0.1) is 6.42 Å². The molecular weight excluding hydrogens is 298 g/mol. The van der Waals surface area contributed by atoms with Crippen molar-refractivity contribution in [3.8, 4) is 0 Å². The standard InChI is InChI=1S/C17H25N3O.ClH/c1-19-9-2-3-14-12-20(10-8-16(14)19)17(21)11-13-4-6-15(18)7-5-13;/h4-7,14,16H,2-3,8-12,18H2,1H3;1H. The van der Waals surface area contributed by atoms with Crippen molar-refractivity contribution in [2.24, 2.45) is 5.92 Å². The van der Waals surface area contributed by atoms with Crippen LogP contribution in [-0.4, -0.2) is 48.4 Å². The van der Waals surface area contributed by atoms with Crippen molar-refractivity contribution in [2.45, 2.75) is 31.7 Å². The lowest BCUT2D eigenvalue weighted by Crippen LogP contribution is -2.54. The quantitative estimate of drug-likeness (QED) is 0.849. The van der Waals surface area contributed by atoms with E-state index in [-0.39, 0.29) is 18.3 Å². The van der Waals surface area contributed by atoms with Gasteiger partial charge in [0.25, 0.3) is 0 Å². The average molecular weight is 324 g/mol. The van der Waals surface area contributed by atoms with E-state index in [9.17, 15) is 4.79 Å². The zero-order chi connectivity index (χ0) is 14.8. The second-order valence-electron chi connectivity index (χ2n) is 6.50. The maximum atomic E-state index is 12.5. The van der Waals surface area contributed by atoms with Crippen LogP contribution in [-0.2, 0) is 11.2 Å². The Kier molecular flexibility index (Phi) is 5.70. The fraction of sp³-hybridized carbons (Fsp3) is 0.588. The highest BCUT2D eigenvalue weighted by Crippen LogP contribution is 2.29. The van der Waals surface area contributed by atoms with Crippen molar-refractivity contribution in [3.05, 3.63) is 29.8 Å². The summed E-state index contributed by atoms with van der Waals surface area (Å²) < 4.78 is 0. The van der Waals surface area contributed by atoms with E-state index in [1.54, 1.807) is 0 Å². The van der Waals surface area contributed by atoms with Crippen molar-refractivity contribution in [2.75, 3.05) is 32.4 Å². The number of likely N-dealkylation sites (tertiary alicyclic amines) is 2. The van der Waals surface area contributed by atoms with Crippen LogP contribution >= 0.6 is 12.4 Å². The first kappa shape index (κ1) is 17.1. The molecule has 0 spiro atoms. The Hall–Kier alpha value is -1.26. The molecule has 122 valence electrons. The minimum atomic E-state index is 0. The van der Waals surface area contributed by atoms with Crippen molar-refractivity contribution in [1.29, 1.82) is 0 Å². The van der Waals surface area contributed by atoms with Crippen LogP contribution < -0.4 is 5.73 Å². The number of hydrogen-bond acceptors (Lipinski definition) is 3. The van der Waals surface area contributed by atoms with Gasteiger partial charge < -0.3 is 15.5 Å². The van der Waals surface area contributed by atoms with Crippen molar-refractivity contribution >= 4 is 24.0 Å². The topological polar surface area (TPSA) is 49.6 Å². The number of carbonyl (C=O) groups excluding carboxylic acids is 1. The highest BCUT2D eigenvalue weighted by Gasteiger charge is 2.35. The Morgan fingerprint density at radius 1 is 1.23 bits per heavy atom. The minimum absolute atomic E-state index is 0. The number of fused-ring (bicyclic) bond motifs is 1. The van der Waals surface area contributed by atoms with Crippen LogP contribution in [0.5, 0.6) is 0 Å². The Balaban J connectivity index is 0.00000176. The summed E-state index contributed by atoms with van der Waals surface area (Å²) in [4.78, 5) is 17.0. The van der Waals surface area contributed by atoms with Gasteiger partial charge in [-0.1, -0.05) is 12.1 Å². The van der Waals surface area contributed by atoms with E-state index in [4.69, 9.17) is 5.73 Å². The number of nitrogens with two attached hydrogens (primary N) is 1. The van der Waals surface area contributed by atoms with Crippen molar-refractivity contribution < 1.29 is 4.79 Å². The van der Waals surface area contributed by atoms with Gasteiger partial charge in [-0.15, -0.1) is 12.4 Å². The normalized spacial score (nSPS) is 25.2. The third-order valence-electron chi connectivity index (χ3n) is 5.03. The lowest BCUT2D eigenvalue weighted by atomic mass is 9.84. The number of amides is 1. The molecule has 2 saturated heterocycles. The zero-order valence-corrected chi connectivity index (χ0v) is 14.0. The molecule has 2 aliphatic rings. The molecule has 4 nitrogen and oxygen atoms in total. The van der Waals surface area contributed by atoms with Crippen LogP contribution in [0.1, 0.15) is 24.8 Å². The minimum Gasteiger partial charge on any atom is -0.399 e. The van der Waals surface area contributed by atoms with Crippen LogP contribution in [0, 0.1) is 5.92 Å². The van der Waals surface area contributed by atoms with Crippen LogP contribution in [0.3, 0.4) is 0 Å². The average Bonchev–Trinajstić information content (AvgIpc) is 2.49. The molecule has 2 unspecified atom stereocenters. The first-order valence-corrected chi connectivity index (χ1v) is 7.96. The Morgan fingerprint density at radius 2 is 1.95 bits per heavy atom. The molecule has 0 aromatic heterocycles. The molecule has 2 fully saturated rings. The Bertz CT molecular complexity index is 505. The Labute approximate surface area is 139 Å². The molecule has 2 aliphatic heterocycles. The molecule has 2 atom stereocenters. The van der Waals surface area contributed by atoms with E-state index >= 15 is 0 Å². The highest BCUT2D eigenvalue weighted by molar-refractivity contribution is 5.85. The number of halogens is 1. The number of nitrogen functional groups attached to an aromatic ring is 1. The van der Waals surface area contributed by atoms with E-state index in [0.29, 0.717) is 18.4 Å². The van der Waals surface area contributed by atoms with Crippen molar-refractivity contribution in [3.63, 3.8) is 0 Å². The molecule has 5 heteroatoms. The largest absolute Gasteiger partial charge is 0.399 e. The molecule has 0 saturated carbocycles. The summed E-state index contributed by atoms with van der Waals surface area (Å²) in [6.45, 7) is 3.04. The third kappa shape index (κ3) is 3.73. The lowest BCUT2D eigenvalue weighted by Gasteiger charge is -2.46. The van der Waals surface area contributed by atoms with Crippen LogP contribution in [0.25, 0.3) is 0 Å². The predicted molar refractivity (Wildman–Crippen MR) is 92.1 cm³/mol. The first-order valence-electron chi connectivity index (χ1n) is 7.96. The maximum absolute atomic E-state index is 12.5. The van der Waals surface area contributed by atoms with Gasteiger partial charge >= 0.3 is 0 Å². The fourth-order valence-corrected chi connectivity index (χ4v) is 3.80. The van der Waals surface area contributed by atoms with Gasteiger partial charge in [0.15, 0.2) is 0 Å². The van der Waals surface area contributed by atoms with E-state index < -0.39 is 0 Å². The van der Waals surface area contributed by atoms with Gasteiger partial charge in [0, 0.05) is 24.8 Å². The number of benzene rings is 1. The van der Waals surface area contributed by atoms with Gasteiger partial charge in [-0.05, 0) is 56.5 Å². The smallest absolute Gasteiger partial charge is 0.227 e. The summed E-state index contributed by atoms with van der Waals surface area (Å²) in [5.41, 5.74) is 7.49. The summed E-state index contributed by atoms with van der Waals surface area (Å²) >= 11 is 0. The molecule has 2 heterocycles. The summed E-state index contributed by atoms with van der Waals surface area (Å²) in [6, 6.07) is 8.32. The molecule has 0 bridgehead atoms. The van der Waals surface area contributed by atoms with E-state index in [2.05, 4.69) is 16.8 Å². The molecule has 3 rings (SSSR count). The number of rotatable bonds is 2. The van der Waals surface area contributed by atoms with Crippen LogP contribution in [0.15, 0.2) is 24.3 Å². The molecule has 1 amide bonds. The lowest BCUT2D eigenvalue weighted by molar-refractivity contribution is -0.134. The van der Waals surface area contributed by atoms with Gasteiger partial charge in [-0.3, -0.25) is 4.79 Å². The summed E-state index contributed by atoms with van der Waals surface area (Å²) in [5, 5.41) is 0. The molecule has 2 N–H and O–H groups in total. The number of piperidine rings is 2. The van der Waals surface area contributed by atoms with E-state index in [1.807, 2.05) is 24.3 Å². The number of anilines is 1.